The number of hydrogen-bond acceptors (Lipinski definition) is 4. The Labute approximate surface area is 105 Å². The van der Waals surface area contributed by atoms with Crippen molar-refractivity contribution in [3.8, 4) is 0 Å². The minimum absolute atomic E-state index is 0.123. The topological polar surface area (TPSA) is 83.0 Å². The van der Waals surface area contributed by atoms with E-state index in [9.17, 15) is 4.79 Å². The monoisotopic (exact) mass is 293 g/mol. The average molecular weight is 294 g/mol. The van der Waals surface area contributed by atoms with Crippen LogP contribution in [0.15, 0.2) is 40.2 Å². The number of carbonyl (C=O) groups is 1. The molecular formula is C10H8BrN5O. The molecule has 17 heavy (non-hydrogen) atoms. The summed E-state index contributed by atoms with van der Waals surface area (Å²) in [6.07, 6.45) is 2.80. The Bertz CT molecular complexity index is 520. The summed E-state index contributed by atoms with van der Waals surface area (Å²) in [5.41, 5.74) is 3.21. The third-order valence-corrected chi connectivity index (χ3v) is 2.41. The molecule has 2 aromatic rings. The number of hydrogen-bond donors (Lipinski definition) is 2. The van der Waals surface area contributed by atoms with Gasteiger partial charge in [0.05, 0.1) is 6.21 Å². The lowest BCUT2D eigenvalue weighted by Crippen LogP contribution is -2.19. The van der Waals surface area contributed by atoms with Crippen molar-refractivity contribution in [2.45, 2.75) is 0 Å². The molecule has 0 radical (unpaired) electrons. The molecule has 1 aromatic heterocycles. The number of rotatable bonds is 3. The SMILES string of the molecule is O=C(NN=Cc1ccc(Br)cc1)c1ncn[nH]1. The highest BCUT2D eigenvalue weighted by molar-refractivity contribution is 9.10. The van der Waals surface area contributed by atoms with Gasteiger partial charge < -0.3 is 0 Å². The molecule has 1 amide bonds. The highest BCUT2D eigenvalue weighted by atomic mass is 79.9. The lowest BCUT2D eigenvalue weighted by atomic mass is 10.2. The van der Waals surface area contributed by atoms with Crippen LogP contribution in [0.1, 0.15) is 16.2 Å². The number of carbonyl (C=O) groups excluding carboxylic acids is 1. The quantitative estimate of drug-likeness (QED) is 0.661. The van der Waals surface area contributed by atoms with Crippen molar-refractivity contribution < 1.29 is 4.79 Å². The summed E-state index contributed by atoms with van der Waals surface area (Å²) >= 11 is 3.33. The Kier molecular flexibility index (Phi) is 3.61. The van der Waals surface area contributed by atoms with Crippen molar-refractivity contribution in [1.82, 2.24) is 20.6 Å². The number of amides is 1. The molecule has 7 heteroatoms. The Morgan fingerprint density at radius 1 is 1.41 bits per heavy atom. The molecule has 0 atom stereocenters. The molecule has 2 N–H and O–H groups in total. The van der Waals surface area contributed by atoms with Crippen molar-refractivity contribution in [3.05, 3.63) is 46.5 Å². The largest absolute Gasteiger partial charge is 0.308 e. The third-order valence-electron chi connectivity index (χ3n) is 1.88. The van der Waals surface area contributed by atoms with Crippen LogP contribution in [-0.4, -0.2) is 27.3 Å². The van der Waals surface area contributed by atoms with E-state index in [0.717, 1.165) is 10.0 Å². The Hall–Kier alpha value is -2.02. The maximum Gasteiger partial charge on any atom is 0.308 e. The zero-order valence-corrected chi connectivity index (χ0v) is 10.2. The average Bonchev–Trinajstić information content (AvgIpc) is 2.85. The van der Waals surface area contributed by atoms with E-state index in [1.807, 2.05) is 24.3 Å². The molecule has 1 heterocycles. The Morgan fingerprint density at radius 2 is 2.18 bits per heavy atom. The molecule has 0 aliphatic carbocycles. The Morgan fingerprint density at radius 3 is 2.82 bits per heavy atom. The molecule has 0 saturated carbocycles. The first-order valence-electron chi connectivity index (χ1n) is 4.70. The van der Waals surface area contributed by atoms with Crippen molar-refractivity contribution in [2.75, 3.05) is 0 Å². The van der Waals surface area contributed by atoms with Crippen LogP contribution in [0, 0.1) is 0 Å². The van der Waals surface area contributed by atoms with Crippen LogP contribution in [0.2, 0.25) is 0 Å². The molecular weight excluding hydrogens is 286 g/mol. The van der Waals surface area contributed by atoms with E-state index >= 15 is 0 Å². The molecule has 6 nitrogen and oxygen atoms in total. The fraction of sp³-hybridized carbons (Fsp3) is 0. The smallest absolute Gasteiger partial charge is 0.264 e. The number of halogens is 1. The van der Waals surface area contributed by atoms with Crippen LogP contribution in [-0.2, 0) is 0 Å². The van der Waals surface area contributed by atoms with Gasteiger partial charge in [0, 0.05) is 4.47 Å². The van der Waals surface area contributed by atoms with E-state index in [2.05, 4.69) is 41.6 Å². The summed E-state index contributed by atoms with van der Waals surface area (Å²) in [4.78, 5) is 15.1. The van der Waals surface area contributed by atoms with Crippen LogP contribution in [0.3, 0.4) is 0 Å². The number of nitrogens with one attached hydrogen (secondary N) is 2. The van der Waals surface area contributed by atoms with E-state index in [1.54, 1.807) is 6.21 Å². The van der Waals surface area contributed by atoms with Gasteiger partial charge in [-0.2, -0.15) is 10.2 Å². The Balaban J connectivity index is 1.94. The second kappa shape index (κ2) is 5.35. The molecule has 0 saturated heterocycles. The van der Waals surface area contributed by atoms with Gasteiger partial charge in [-0.1, -0.05) is 28.1 Å². The van der Waals surface area contributed by atoms with Crippen molar-refractivity contribution in [3.63, 3.8) is 0 Å². The molecule has 2 rings (SSSR count). The molecule has 0 unspecified atom stereocenters. The minimum atomic E-state index is -0.434. The van der Waals surface area contributed by atoms with Gasteiger partial charge in [0.15, 0.2) is 0 Å². The standard InChI is InChI=1S/C10H8BrN5O/c11-8-3-1-7(2-4-8)5-13-16-10(17)9-12-6-14-15-9/h1-6H,(H,16,17)(H,12,14,15). The fourth-order valence-corrected chi connectivity index (χ4v) is 1.35. The summed E-state index contributed by atoms with van der Waals surface area (Å²) < 4.78 is 0.986. The summed E-state index contributed by atoms with van der Waals surface area (Å²) in [5.74, 6) is -0.311. The zero-order valence-electron chi connectivity index (χ0n) is 8.59. The predicted octanol–water partition coefficient (Wildman–Crippen LogP) is 1.33. The normalized spacial score (nSPS) is 10.6. The highest BCUT2D eigenvalue weighted by Crippen LogP contribution is 2.08. The van der Waals surface area contributed by atoms with Crippen LogP contribution in [0.25, 0.3) is 0 Å². The minimum Gasteiger partial charge on any atom is -0.264 e. The van der Waals surface area contributed by atoms with Gasteiger partial charge in [-0.05, 0) is 17.7 Å². The van der Waals surface area contributed by atoms with Gasteiger partial charge in [-0.15, -0.1) is 0 Å². The molecule has 0 bridgehead atoms. The number of H-pyrrole nitrogens is 1. The van der Waals surface area contributed by atoms with Crippen LogP contribution in [0.5, 0.6) is 0 Å². The summed E-state index contributed by atoms with van der Waals surface area (Å²) in [7, 11) is 0. The van der Waals surface area contributed by atoms with Crippen LogP contribution >= 0.6 is 15.9 Å². The number of benzene rings is 1. The van der Waals surface area contributed by atoms with Gasteiger partial charge in [-0.3, -0.25) is 9.89 Å². The molecule has 0 aliphatic heterocycles. The predicted molar refractivity (Wildman–Crippen MR) is 65.6 cm³/mol. The van der Waals surface area contributed by atoms with Gasteiger partial charge in [-0.25, -0.2) is 10.4 Å². The van der Waals surface area contributed by atoms with Gasteiger partial charge >= 0.3 is 5.91 Å². The zero-order chi connectivity index (χ0) is 12.1. The number of aromatic amines is 1. The lowest BCUT2D eigenvalue weighted by molar-refractivity contribution is 0.0945. The van der Waals surface area contributed by atoms with Crippen molar-refractivity contribution in [2.24, 2.45) is 5.10 Å². The van der Waals surface area contributed by atoms with Gasteiger partial charge in [0.2, 0.25) is 5.82 Å². The lowest BCUT2D eigenvalue weighted by Gasteiger charge is -1.95. The number of nitrogens with zero attached hydrogens (tertiary/aromatic N) is 3. The maximum absolute atomic E-state index is 11.4. The second-order valence-corrected chi connectivity index (χ2v) is 4.00. The summed E-state index contributed by atoms with van der Waals surface area (Å²) in [6, 6.07) is 7.52. The molecule has 86 valence electrons. The van der Waals surface area contributed by atoms with E-state index in [4.69, 9.17) is 0 Å². The van der Waals surface area contributed by atoms with Crippen molar-refractivity contribution in [1.29, 1.82) is 0 Å². The fourth-order valence-electron chi connectivity index (χ4n) is 1.08. The van der Waals surface area contributed by atoms with Crippen LogP contribution < -0.4 is 5.43 Å². The van der Waals surface area contributed by atoms with Gasteiger partial charge in [0.25, 0.3) is 0 Å². The molecule has 1 aromatic carbocycles. The first-order chi connectivity index (χ1) is 8.25. The summed E-state index contributed by atoms with van der Waals surface area (Å²) in [5, 5.41) is 9.80. The first-order valence-corrected chi connectivity index (χ1v) is 5.49. The van der Waals surface area contributed by atoms with E-state index < -0.39 is 5.91 Å². The van der Waals surface area contributed by atoms with E-state index in [-0.39, 0.29) is 5.82 Å². The highest BCUT2D eigenvalue weighted by Gasteiger charge is 2.05. The first kappa shape index (κ1) is 11.5. The van der Waals surface area contributed by atoms with Gasteiger partial charge in [0.1, 0.15) is 6.33 Å². The van der Waals surface area contributed by atoms with E-state index in [0.29, 0.717) is 0 Å². The summed E-state index contributed by atoms with van der Waals surface area (Å²) in [6.45, 7) is 0. The number of aromatic nitrogens is 3. The molecule has 0 spiro atoms. The number of hydrazone groups is 1. The third kappa shape index (κ3) is 3.22. The van der Waals surface area contributed by atoms with E-state index in [1.165, 1.54) is 6.33 Å². The molecule has 0 fully saturated rings. The second-order valence-electron chi connectivity index (χ2n) is 3.08. The van der Waals surface area contributed by atoms with Crippen LogP contribution in [0.4, 0.5) is 0 Å². The van der Waals surface area contributed by atoms with Crippen molar-refractivity contribution >= 4 is 28.1 Å². The molecule has 0 aliphatic rings. The maximum atomic E-state index is 11.4.